The Bertz CT molecular complexity index is 1500. The van der Waals surface area contributed by atoms with Crippen LogP contribution in [0.5, 0.6) is 5.75 Å². The molecule has 4 aromatic rings. The average molecular weight is 559 g/mol. The molecule has 7 nitrogen and oxygen atoms in total. The number of piperidine rings is 1. The Kier molecular flexibility index (Phi) is 7.59. The third kappa shape index (κ3) is 5.49. The summed E-state index contributed by atoms with van der Waals surface area (Å²) in [4.78, 5) is 21.3. The van der Waals surface area contributed by atoms with E-state index in [2.05, 4.69) is 29.1 Å². The second-order valence-corrected chi connectivity index (χ2v) is 11.4. The van der Waals surface area contributed by atoms with Crippen LogP contribution in [0, 0.1) is 5.92 Å². The number of hydrogen-bond donors (Lipinski definition) is 2. The van der Waals surface area contributed by atoms with Gasteiger partial charge in [-0.05, 0) is 80.4 Å². The van der Waals surface area contributed by atoms with Crippen LogP contribution in [0.25, 0.3) is 10.9 Å². The van der Waals surface area contributed by atoms with Gasteiger partial charge in [-0.2, -0.15) is 0 Å². The average Bonchev–Trinajstić information content (AvgIpc) is 3.33. The summed E-state index contributed by atoms with van der Waals surface area (Å²) in [6, 6.07) is 21.1. The van der Waals surface area contributed by atoms with E-state index >= 15 is 0 Å². The largest absolute Gasteiger partial charge is 0.493 e. The molecule has 1 saturated heterocycles. The Morgan fingerprint density at radius 3 is 2.73 bits per heavy atom. The number of aromatic nitrogens is 1. The highest BCUT2D eigenvalue weighted by atomic mass is 35.5. The number of H-pyrrole nitrogens is 1. The molecule has 3 N–H and O–H groups in total. The Morgan fingerprint density at radius 2 is 1.93 bits per heavy atom. The number of nitrogens with two attached hydrogens (primary N) is 1. The van der Waals surface area contributed by atoms with Gasteiger partial charge >= 0.3 is 6.09 Å². The van der Waals surface area contributed by atoms with E-state index in [1.54, 1.807) is 11.0 Å². The number of hydrogen-bond acceptors (Lipinski definition) is 5. The van der Waals surface area contributed by atoms with Gasteiger partial charge in [0.05, 0.1) is 6.61 Å². The minimum atomic E-state index is -0.379. The zero-order valence-electron chi connectivity index (χ0n) is 22.7. The summed E-state index contributed by atoms with van der Waals surface area (Å²) in [5.74, 6) is 1.38. The number of benzene rings is 3. The van der Waals surface area contributed by atoms with E-state index in [0.717, 1.165) is 52.3 Å². The van der Waals surface area contributed by atoms with Crippen LogP contribution in [0.4, 0.5) is 10.5 Å². The number of likely N-dealkylation sites (tertiary alicyclic amines) is 1. The van der Waals surface area contributed by atoms with Crippen molar-refractivity contribution in [1.82, 2.24) is 14.8 Å². The number of fused-ring (bicyclic) bond motifs is 3. The van der Waals surface area contributed by atoms with E-state index in [0.29, 0.717) is 30.5 Å². The van der Waals surface area contributed by atoms with Crippen molar-refractivity contribution in [2.24, 2.45) is 5.92 Å². The normalized spacial score (nSPS) is 19.4. The number of nitrogen functional groups attached to an aromatic ring is 1. The number of rotatable bonds is 6. The second kappa shape index (κ2) is 11.4. The minimum Gasteiger partial charge on any atom is -0.493 e. The summed E-state index contributed by atoms with van der Waals surface area (Å²) >= 11 is 6.31. The number of nitrogens with one attached hydrogen (secondary N) is 1. The molecule has 2 aliphatic rings. The fraction of sp³-hybridized carbons (Fsp3) is 0.344. The summed E-state index contributed by atoms with van der Waals surface area (Å²) < 4.78 is 12.0. The zero-order valence-corrected chi connectivity index (χ0v) is 23.5. The lowest BCUT2D eigenvalue weighted by atomic mass is 9.92. The van der Waals surface area contributed by atoms with Crippen molar-refractivity contribution in [3.63, 3.8) is 0 Å². The molecule has 1 amide bonds. The van der Waals surface area contributed by atoms with Gasteiger partial charge in [0, 0.05) is 51.9 Å². The molecule has 6 rings (SSSR count). The highest BCUT2D eigenvalue weighted by Crippen LogP contribution is 2.40. The lowest BCUT2D eigenvalue weighted by Crippen LogP contribution is -2.40. The van der Waals surface area contributed by atoms with Crippen LogP contribution >= 0.6 is 11.6 Å². The molecule has 8 heteroatoms. The maximum atomic E-state index is 13.5. The maximum absolute atomic E-state index is 13.5. The molecule has 1 fully saturated rings. The molecule has 2 atom stereocenters. The molecule has 2 aliphatic heterocycles. The van der Waals surface area contributed by atoms with Crippen LogP contribution in [0.1, 0.15) is 41.3 Å². The van der Waals surface area contributed by atoms with E-state index in [4.69, 9.17) is 26.8 Å². The number of anilines is 1. The van der Waals surface area contributed by atoms with Crippen LogP contribution in [-0.2, 0) is 17.8 Å². The first kappa shape index (κ1) is 26.5. The van der Waals surface area contributed by atoms with Crippen molar-refractivity contribution in [3.05, 3.63) is 94.1 Å². The van der Waals surface area contributed by atoms with Gasteiger partial charge in [0.1, 0.15) is 18.4 Å². The number of ether oxygens (including phenoxy) is 2. The first-order chi connectivity index (χ1) is 19.5. The summed E-state index contributed by atoms with van der Waals surface area (Å²) in [7, 11) is 2.17. The third-order valence-corrected chi connectivity index (χ3v) is 8.47. The third-order valence-electron chi connectivity index (χ3n) is 8.10. The van der Waals surface area contributed by atoms with Crippen molar-refractivity contribution in [3.8, 4) is 5.75 Å². The van der Waals surface area contributed by atoms with E-state index < -0.39 is 0 Å². The molecule has 0 saturated carbocycles. The van der Waals surface area contributed by atoms with Crippen LogP contribution < -0.4 is 10.5 Å². The minimum absolute atomic E-state index is 0.112. The van der Waals surface area contributed by atoms with Crippen LogP contribution in [0.2, 0.25) is 5.02 Å². The first-order valence-corrected chi connectivity index (χ1v) is 14.3. The summed E-state index contributed by atoms with van der Waals surface area (Å²) in [6.07, 6.45) is 2.73. The zero-order chi connectivity index (χ0) is 27.6. The van der Waals surface area contributed by atoms with Gasteiger partial charge in [-0.3, -0.25) is 4.90 Å². The number of aromatic amines is 1. The topological polar surface area (TPSA) is 83.8 Å². The molecule has 0 spiro atoms. The number of carbonyl (C=O) groups excluding carboxylic acids is 1. The molecular formula is C32H35ClN4O3. The number of halogens is 1. The van der Waals surface area contributed by atoms with Crippen molar-refractivity contribution in [2.75, 3.05) is 39.0 Å². The fourth-order valence-corrected chi connectivity index (χ4v) is 6.25. The molecule has 40 heavy (non-hydrogen) atoms. The summed E-state index contributed by atoms with van der Waals surface area (Å²) in [5.41, 5.74) is 11.8. The Morgan fingerprint density at radius 1 is 1.10 bits per heavy atom. The lowest BCUT2D eigenvalue weighted by molar-refractivity contribution is 0.0832. The second-order valence-electron chi connectivity index (χ2n) is 11.0. The highest BCUT2D eigenvalue weighted by molar-refractivity contribution is 6.31. The van der Waals surface area contributed by atoms with Gasteiger partial charge in [0.25, 0.3) is 0 Å². The highest BCUT2D eigenvalue weighted by Gasteiger charge is 2.35. The van der Waals surface area contributed by atoms with Crippen LogP contribution in [-0.4, -0.2) is 54.2 Å². The molecule has 3 heterocycles. The summed E-state index contributed by atoms with van der Waals surface area (Å²) in [5, 5.41) is 1.68. The van der Waals surface area contributed by atoms with Gasteiger partial charge in [0.2, 0.25) is 0 Å². The van der Waals surface area contributed by atoms with Crippen molar-refractivity contribution in [1.29, 1.82) is 0 Å². The van der Waals surface area contributed by atoms with Crippen LogP contribution in [0.15, 0.2) is 66.7 Å². The van der Waals surface area contributed by atoms with Gasteiger partial charge in [-0.1, -0.05) is 41.9 Å². The maximum Gasteiger partial charge on any atom is 0.410 e. The molecular weight excluding hydrogens is 524 g/mol. The quantitative estimate of drug-likeness (QED) is 0.267. The molecule has 0 aliphatic carbocycles. The molecule has 0 bridgehead atoms. The standard InChI is InChI=1S/C32H35ClN4O3/c1-36-15-4-5-21(18-36)19-39-25-11-8-22(9-12-25)31-30-26(27-17-24(34)10-13-29(27)35-30)14-16-37(31)32(38)40-20-23-6-2-3-7-28(23)33/h2-3,6-13,17,21,31,35H,4-5,14-16,18-20,34H2,1H3. The van der Waals surface area contributed by atoms with E-state index in [1.165, 1.54) is 18.4 Å². The number of nitrogens with zero attached hydrogens (tertiary/aromatic N) is 2. The van der Waals surface area contributed by atoms with Crippen molar-refractivity contribution < 1.29 is 14.3 Å². The van der Waals surface area contributed by atoms with E-state index in [-0.39, 0.29) is 18.7 Å². The SMILES string of the molecule is CN1CCCC(COc2ccc(C3c4[nH]c5ccc(N)cc5c4CCN3C(=O)OCc3ccccc3Cl)cc2)C1. The molecule has 2 unspecified atom stereocenters. The molecule has 208 valence electrons. The first-order valence-electron chi connectivity index (χ1n) is 13.9. The number of carbonyl (C=O) groups is 1. The van der Waals surface area contributed by atoms with Gasteiger partial charge in [0.15, 0.2) is 0 Å². The van der Waals surface area contributed by atoms with E-state index in [1.807, 2.05) is 48.5 Å². The van der Waals surface area contributed by atoms with Crippen molar-refractivity contribution in [2.45, 2.75) is 31.9 Å². The Hall–Kier alpha value is -3.68. The molecule has 3 aromatic carbocycles. The number of amides is 1. The Labute approximate surface area is 239 Å². The smallest absolute Gasteiger partial charge is 0.410 e. The summed E-state index contributed by atoms with van der Waals surface area (Å²) in [6.45, 7) is 3.57. The predicted octanol–water partition coefficient (Wildman–Crippen LogP) is 6.41. The van der Waals surface area contributed by atoms with Gasteiger partial charge < -0.3 is 25.1 Å². The van der Waals surface area contributed by atoms with Gasteiger partial charge in [-0.15, -0.1) is 0 Å². The van der Waals surface area contributed by atoms with E-state index in [9.17, 15) is 4.79 Å². The van der Waals surface area contributed by atoms with Crippen molar-refractivity contribution >= 4 is 34.3 Å². The van der Waals surface area contributed by atoms with Gasteiger partial charge in [-0.25, -0.2) is 4.79 Å². The van der Waals surface area contributed by atoms with Crippen LogP contribution in [0.3, 0.4) is 0 Å². The lowest BCUT2D eigenvalue weighted by Gasteiger charge is -2.35. The predicted molar refractivity (Wildman–Crippen MR) is 159 cm³/mol. The fourth-order valence-electron chi connectivity index (χ4n) is 6.06. The monoisotopic (exact) mass is 558 g/mol. The Balaban J connectivity index is 1.26. The molecule has 1 aromatic heterocycles. The molecule has 0 radical (unpaired) electrons.